The molecule has 0 bridgehead atoms. The van der Waals surface area contributed by atoms with Crippen LogP contribution in [-0.2, 0) is 0 Å². The lowest BCUT2D eigenvalue weighted by Crippen LogP contribution is -2.03. The van der Waals surface area contributed by atoms with Crippen molar-refractivity contribution in [1.29, 1.82) is 0 Å². The van der Waals surface area contributed by atoms with Crippen LogP contribution in [0.15, 0.2) is 72.8 Å². The largest absolute Gasteiger partial charge is 0.494 e. The first-order chi connectivity index (χ1) is 13.2. The minimum absolute atomic E-state index is 0.0262. The van der Waals surface area contributed by atoms with Gasteiger partial charge in [0, 0.05) is 16.8 Å². The predicted molar refractivity (Wildman–Crippen MR) is 111 cm³/mol. The average molecular weight is 360 g/mol. The average Bonchev–Trinajstić information content (AvgIpc) is 2.70. The van der Waals surface area contributed by atoms with Gasteiger partial charge in [-0.05, 0) is 55.0 Å². The Morgan fingerprint density at radius 2 is 1.74 bits per heavy atom. The van der Waals surface area contributed by atoms with Crippen molar-refractivity contribution in [3.63, 3.8) is 0 Å². The maximum atomic E-state index is 12.8. The van der Waals surface area contributed by atoms with Gasteiger partial charge in [-0.3, -0.25) is 4.79 Å². The van der Waals surface area contributed by atoms with Crippen molar-refractivity contribution in [2.24, 2.45) is 0 Å². The van der Waals surface area contributed by atoms with Crippen LogP contribution in [0, 0.1) is 0 Å². The van der Waals surface area contributed by atoms with Crippen LogP contribution in [0.25, 0.3) is 0 Å². The summed E-state index contributed by atoms with van der Waals surface area (Å²) in [5.74, 6) is 0.703. The molecule has 0 atom stereocenters. The van der Waals surface area contributed by atoms with Gasteiger partial charge >= 0.3 is 0 Å². The summed E-state index contributed by atoms with van der Waals surface area (Å²) in [6.45, 7) is 2.78. The molecule has 0 spiro atoms. The molecule has 4 heteroatoms. The second kappa shape index (κ2) is 8.90. The first-order valence-electron chi connectivity index (χ1n) is 9.16. The van der Waals surface area contributed by atoms with Crippen molar-refractivity contribution in [2.75, 3.05) is 17.7 Å². The molecule has 3 rings (SSSR count). The summed E-state index contributed by atoms with van der Waals surface area (Å²) >= 11 is 0. The summed E-state index contributed by atoms with van der Waals surface area (Å²) in [7, 11) is 0. The van der Waals surface area contributed by atoms with E-state index >= 15 is 0 Å². The third-order valence-electron chi connectivity index (χ3n) is 4.25. The summed E-state index contributed by atoms with van der Waals surface area (Å²) in [6.07, 6.45) is 2.08. The van der Waals surface area contributed by atoms with Gasteiger partial charge in [0.15, 0.2) is 5.78 Å². The van der Waals surface area contributed by atoms with Crippen LogP contribution in [0.2, 0.25) is 0 Å². The molecule has 3 aromatic carbocycles. The molecule has 0 unspecified atom stereocenters. The third kappa shape index (κ3) is 4.88. The van der Waals surface area contributed by atoms with Crippen molar-refractivity contribution in [1.82, 2.24) is 0 Å². The number of hydrogen-bond donors (Lipinski definition) is 2. The molecule has 0 heterocycles. The fourth-order valence-corrected chi connectivity index (χ4v) is 2.70. The van der Waals surface area contributed by atoms with E-state index in [1.165, 1.54) is 0 Å². The van der Waals surface area contributed by atoms with E-state index < -0.39 is 0 Å². The molecule has 0 saturated heterocycles. The highest BCUT2D eigenvalue weighted by molar-refractivity contribution is 6.09. The Bertz CT molecular complexity index is 904. The number of unbranched alkanes of at least 4 members (excludes halogenated alkanes) is 1. The van der Waals surface area contributed by atoms with Crippen molar-refractivity contribution in [3.05, 3.63) is 83.9 Å². The van der Waals surface area contributed by atoms with E-state index in [9.17, 15) is 4.79 Å². The SMILES string of the molecule is CCCCOc1cccc(C(=O)c2ccc(Nc3ccccc3N)cc2)c1. The van der Waals surface area contributed by atoms with Gasteiger partial charge in [0.1, 0.15) is 5.75 Å². The van der Waals surface area contributed by atoms with Crippen molar-refractivity contribution < 1.29 is 9.53 Å². The maximum Gasteiger partial charge on any atom is 0.193 e. The number of ether oxygens (including phenoxy) is 1. The minimum atomic E-state index is -0.0262. The first kappa shape index (κ1) is 18.5. The van der Waals surface area contributed by atoms with E-state index in [-0.39, 0.29) is 5.78 Å². The normalized spacial score (nSPS) is 10.4. The molecule has 0 saturated carbocycles. The van der Waals surface area contributed by atoms with E-state index in [0.717, 1.165) is 30.0 Å². The number of hydrogen-bond acceptors (Lipinski definition) is 4. The number of anilines is 3. The van der Waals surface area contributed by atoms with Gasteiger partial charge in [-0.2, -0.15) is 0 Å². The molecule has 0 fully saturated rings. The second-order valence-electron chi connectivity index (χ2n) is 6.35. The number of benzene rings is 3. The molecule has 0 aliphatic heterocycles. The van der Waals surface area contributed by atoms with Crippen LogP contribution in [0.4, 0.5) is 17.1 Å². The maximum absolute atomic E-state index is 12.8. The van der Waals surface area contributed by atoms with E-state index in [4.69, 9.17) is 10.5 Å². The zero-order valence-electron chi connectivity index (χ0n) is 15.4. The molecule has 0 amide bonds. The van der Waals surface area contributed by atoms with Gasteiger partial charge in [0.2, 0.25) is 0 Å². The summed E-state index contributed by atoms with van der Waals surface area (Å²) < 4.78 is 5.70. The number of carbonyl (C=O) groups is 1. The summed E-state index contributed by atoms with van der Waals surface area (Å²) in [6, 6.07) is 22.3. The van der Waals surface area contributed by atoms with Crippen LogP contribution in [-0.4, -0.2) is 12.4 Å². The lowest BCUT2D eigenvalue weighted by atomic mass is 10.0. The minimum Gasteiger partial charge on any atom is -0.494 e. The van der Waals surface area contributed by atoms with Crippen LogP contribution < -0.4 is 15.8 Å². The molecule has 4 nitrogen and oxygen atoms in total. The van der Waals surface area contributed by atoms with Gasteiger partial charge in [-0.15, -0.1) is 0 Å². The van der Waals surface area contributed by atoms with Crippen molar-refractivity contribution >= 4 is 22.8 Å². The lowest BCUT2D eigenvalue weighted by Gasteiger charge is -2.10. The Morgan fingerprint density at radius 1 is 0.963 bits per heavy atom. The van der Waals surface area contributed by atoms with Gasteiger partial charge in [-0.25, -0.2) is 0 Å². The zero-order chi connectivity index (χ0) is 19.1. The van der Waals surface area contributed by atoms with E-state index in [0.29, 0.717) is 23.4 Å². The standard InChI is InChI=1S/C23H24N2O2/c1-2-3-15-27-20-8-6-7-18(16-20)23(26)17-11-13-19(14-12-17)25-22-10-5-4-9-21(22)24/h4-14,16,25H,2-3,15,24H2,1H3. The number of nitrogens with one attached hydrogen (secondary N) is 1. The summed E-state index contributed by atoms with van der Waals surface area (Å²) in [4.78, 5) is 12.8. The summed E-state index contributed by atoms with van der Waals surface area (Å²) in [5.41, 5.74) is 9.60. The van der Waals surface area contributed by atoms with Crippen molar-refractivity contribution in [2.45, 2.75) is 19.8 Å². The zero-order valence-corrected chi connectivity index (χ0v) is 15.4. The van der Waals surface area contributed by atoms with E-state index in [2.05, 4.69) is 12.2 Å². The molecular formula is C23H24N2O2. The quantitative estimate of drug-likeness (QED) is 0.320. The molecular weight excluding hydrogens is 336 g/mol. The fourth-order valence-electron chi connectivity index (χ4n) is 2.70. The fraction of sp³-hybridized carbons (Fsp3) is 0.174. The van der Waals surface area contributed by atoms with Crippen molar-refractivity contribution in [3.8, 4) is 5.75 Å². The molecule has 0 aromatic heterocycles. The number of rotatable bonds is 8. The number of para-hydroxylation sites is 2. The van der Waals surface area contributed by atoms with Crippen LogP contribution >= 0.6 is 0 Å². The van der Waals surface area contributed by atoms with Crippen LogP contribution in [0.3, 0.4) is 0 Å². The molecule has 3 aromatic rings. The molecule has 27 heavy (non-hydrogen) atoms. The van der Waals surface area contributed by atoms with Gasteiger partial charge in [0.05, 0.1) is 18.0 Å². The number of ketones is 1. The lowest BCUT2D eigenvalue weighted by molar-refractivity contribution is 0.103. The highest BCUT2D eigenvalue weighted by Gasteiger charge is 2.10. The van der Waals surface area contributed by atoms with Gasteiger partial charge in [-0.1, -0.05) is 37.6 Å². The topological polar surface area (TPSA) is 64.3 Å². The van der Waals surface area contributed by atoms with Crippen LogP contribution in [0.1, 0.15) is 35.7 Å². The highest BCUT2D eigenvalue weighted by Crippen LogP contribution is 2.23. The Balaban J connectivity index is 1.70. The Kier molecular flexibility index (Phi) is 6.10. The molecule has 3 N–H and O–H groups in total. The first-order valence-corrected chi connectivity index (χ1v) is 9.16. The molecule has 0 aliphatic carbocycles. The number of nitrogens with two attached hydrogens (primary N) is 1. The molecule has 138 valence electrons. The van der Waals surface area contributed by atoms with Gasteiger partial charge in [0.25, 0.3) is 0 Å². The third-order valence-corrected chi connectivity index (χ3v) is 4.25. The van der Waals surface area contributed by atoms with Gasteiger partial charge < -0.3 is 15.8 Å². The molecule has 0 radical (unpaired) electrons. The Hall–Kier alpha value is -3.27. The Morgan fingerprint density at radius 3 is 2.48 bits per heavy atom. The molecule has 0 aliphatic rings. The van der Waals surface area contributed by atoms with Crippen LogP contribution in [0.5, 0.6) is 5.75 Å². The monoisotopic (exact) mass is 360 g/mol. The smallest absolute Gasteiger partial charge is 0.193 e. The predicted octanol–water partition coefficient (Wildman–Crippen LogP) is 5.42. The Labute approximate surface area is 160 Å². The highest BCUT2D eigenvalue weighted by atomic mass is 16.5. The number of nitrogen functional groups attached to an aromatic ring is 1. The number of carbonyl (C=O) groups excluding carboxylic acids is 1. The summed E-state index contributed by atoms with van der Waals surface area (Å²) in [5, 5.41) is 3.26. The van der Waals surface area contributed by atoms with E-state index in [1.54, 1.807) is 6.07 Å². The van der Waals surface area contributed by atoms with E-state index in [1.807, 2.05) is 66.7 Å². The second-order valence-corrected chi connectivity index (χ2v) is 6.35.